The maximum Gasteiger partial charge on any atom is 0.124 e. The molecule has 1 atom stereocenters. The fourth-order valence-electron chi connectivity index (χ4n) is 2.38. The summed E-state index contributed by atoms with van der Waals surface area (Å²) < 4.78 is 5.76. The van der Waals surface area contributed by atoms with E-state index < -0.39 is 5.60 Å². The number of aliphatic hydroxyl groups is 1. The highest BCUT2D eigenvalue weighted by Crippen LogP contribution is 2.31. The summed E-state index contributed by atoms with van der Waals surface area (Å²) in [5.74, 6) is 0.794. The molecule has 1 aromatic carbocycles. The summed E-state index contributed by atoms with van der Waals surface area (Å²) in [6.07, 6.45) is 3.87. The van der Waals surface area contributed by atoms with E-state index in [1.54, 1.807) is 0 Å². The molecule has 3 N–H and O–H groups in total. The number of para-hydroxylation sites is 1. The van der Waals surface area contributed by atoms with Gasteiger partial charge in [-0.3, -0.25) is 0 Å². The van der Waals surface area contributed by atoms with Crippen LogP contribution in [0.1, 0.15) is 44.2 Å². The Bertz CT molecular complexity index is 370. The van der Waals surface area contributed by atoms with E-state index >= 15 is 0 Å². The quantitative estimate of drug-likeness (QED) is 0.842. The van der Waals surface area contributed by atoms with Crippen LogP contribution in [0.4, 0.5) is 0 Å². The van der Waals surface area contributed by atoms with E-state index in [1.807, 2.05) is 31.2 Å². The van der Waals surface area contributed by atoms with E-state index in [1.165, 1.54) is 0 Å². The summed E-state index contributed by atoms with van der Waals surface area (Å²) in [6, 6.07) is 7.72. The maximum absolute atomic E-state index is 10.2. The van der Waals surface area contributed by atoms with Gasteiger partial charge < -0.3 is 15.6 Å². The van der Waals surface area contributed by atoms with Crippen LogP contribution in [-0.4, -0.2) is 17.3 Å². The zero-order valence-corrected chi connectivity index (χ0v) is 10.4. The second kappa shape index (κ2) is 5.07. The number of benzene rings is 1. The van der Waals surface area contributed by atoms with Crippen molar-refractivity contribution in [1.82, 2.24) is 0 Å². The van der Waals surface area contributed by atoms with Crippen molar-refractivity contribution in [1.29, 1.82) is 0 Å². The first-order valence-electron chi connectivity index (χ1n) is 6.30. The van der Waals surface area contributed by atoms with Crippen molar-refractivity contribution in [2.75, 3.05) is 6.61 Å². The summed E-state index contributed by atoms with van der Waals surface area (Å²) in [5.41, 5.74) is 6.25. The molecule has 3 heteroatoms. The monoisotopic (exact) mass is 235 g/mol. The molecule has 3 nitrogen and oxygen atoms in total. The van der Waals surface area contributed by atoms with E-state index in [0.717, 1.165) is 37.0 Å². The van der Waals surface area contributed by atoms with Crippen LogP contribution in [-0.2, 0) is 0 Å². The van der Waals surface area contributed by atoms with Crippen molar-refractivity contribution < 1.29 is 9.84 Å². The van der Waals surface area contributed by atoms with Gasteiger partial charge in [-0.15, -0.1) is 0 Å². The van der Waals surface area contributed by atoms with Crippen molar-refractivity contribution >= 4 is 0 Å². The van der Waals surface area contributed by atoms with Crippen molar-refractivity contribution in [2.24, 2.45) is 5.73 Å². The average molecular weight is 235 g/mol. The predicted molar refractivity (Wildman–Crippen MR) is 68.0 cm³/mol. The molecular weight excluding hydrogens is 214 g/mol. The predicted octanol–water partition coefficient (Wildman–Crippen LogP) is 2.39. The maximum atomic E-state index is 10.2. The molecule has 0 heterocycles. The van der Waals surface area contributed by atoms with Gasteiger partial charge >= 0.3 is 0 Å². The molecule has 0 bridgehead atoms. The minimum Gasteiger partial charge on any atom is -0.490 e. The molecule has 1 saturated carbocycles. The van der Waals surface area contributed by atoms with Crippen LogP contribution in [0.3, 0.4) is 0 Å². The normalized spacial score (nSPS) is 20.2. The third kappa shape index (κ3) is 2.99. The number of hydrogen-bond acceptors (Lipinski definition) is 3. The Balaban J connectivity index is 2.03. The third-order valence-electron chi connectivity index (χ3n) is 3.44. The first kappa shape index (κ1) is 12.4. The van der Waals surface area contributed by atoms with Crippen molar-refractivity contribution in [3.8, 4) is 5.75 Å². The highest BCUT2D eigenvalue weighted by atomic mass is 16.5. The molecule has 94 valence electrons. The standard InChI is InChI=1S/C14H21NO2/c1-11(15)12-6-2-3-7-13(12)17-10-14(16)8-4-5-9-14/h2-3,6-7,11,16H,4-5,8-10,15H2,1H3/t11-/m1/s1. The highest BCUT2D eigenvalue weighted by molar-refractivity contribution is 5.35. The highest BCUT2D eigenvalue weighted by Gasteiger charge is 2.32. The number of hydrogen-bond donors (Lipinski definition) is 2. The van der Waals surface area contributed by atoms with E-state index in [2.05, 4.69) is 0 Å². The van der Waals surface area contributed by atoms with Gasteiger partial charge in [0.15, 0.2) is 0 Å². The molecule has 0 unspecified atom stereocenters. The van der Waals surface area contributed by atoms with Gasteiger partial charge in [0.2, 0.25) is 0 Å². The van der Waals surface area contributed by atoms with Crippen LogP contribution in [0.25, 0.3) is 0 Å². The molecule has 1 aromatic rings. The molecule has 0 amide bonds. The van der Waals surface area contributed by atoms with E-state index in [-0.39, 0.29) is 6.04 Å². The van der Waals surface area contributed by atoms with Gasteiger partial charge in [0.1, 0.15) is 12.4 Å². The molecule has 17 heavy (non-hydrogen) atoms. The Morgan fingerprint density at radius 2 is 2.00 bits per heavy atom. The summed E-state index contributed by atoms with van der Waals surface area (Å²) in [4.78, 5) is 0. The Kier molecular flexibility index (Phi) is 3.69. The van der Waals surface area contributed by atoms with Crippen LogP contribution < -0.4 is 10.5 Å². The summed E-state index contributed by atoms with van der Waals surface area (Å²) in [6.45, 7) is 2.31. The third-order valence-corrected chi connectivity index (χ3v) is 3.44. The first-order chi connectivity index (χ1) is 8.11. The van der Waals surface area contributed by atoms with Crippen molar-refractivity contribution in [3.05, 3.63) is 29.8 Å². The van der Waals surface area contributed by atoms with Crippen LogP contribution in [0, 0.1) is 0 Å². The zero-order valence-electron chi connectivity index (χ0n) is 10.4. The van der Waals surface area contributed by atoms with Crippen molar-refractivity contribution in [3.63, 3.8) is 0 Å². The smallest absolute Gasteiger partial charge is 0.124 e. The van der Waals surface area contributed by atoms with E-state index in [4.69, 9.17) is 10.5 Å². The van der Waals surface area contributed by atoms with Gasteiger partial charge in [0.25, 0.3) is 0 Å². The fraction of sp³-hybridized carbons (Fsp3) is 0.571. The summed E-state index contributed by atoms with van der Waals surface area (Å²) >= 11 is 0. The number of rotatable bonds is 4. The molecule has 1 aliphatic rings. The van der Waals surface area contributed by atoms with Gasteiger partial charge in [0, 0.05) is 11.6 Å². The van der Waals surface area contributed by atoms with Gasteiger partial charge in [-0.2, -0.15) is 0 Å². The zero-order chi connectivity index (χ0) is 12.3. The van der Waals surface area contributed by atoms with Gasteiger partial charge in [-0.05, 0) is 25.8 Å². The lowest BCUT2D eigenvalue weighted by Crippen LogP contribution is -2.32. The fourth-order valence-corrected chi connectivity index (χ4v) is 2.38. The Morgan fingerprint density at radius 3 is 2.65 bits per heavy atom. The van der Waals surface area contributed by atoms with Crippen molar-refractivity contribution in [2.45, 2.75) is 44.2 Å². The Labute approximate surface area is 103 Å². The summed E-state index contributed by atoms with van der Waals surface area (Å²) in [7, 11) is 0. The second-order valence-electron chi connectivity index (χ2n) is 5.05. The molecule has 2 rings (SSSR count). The molecule has 0 aromatic heterocycles. The first-order valence-corrected chi connectivity index (χ1v) is 6.30. The molecule has 1 aliphatic carbocycles. The average Bonchev–Trinajstić information content (AvgIpc) is 2.74. The topological polar surface area (TPSA) is 55.5 Å². The van der Waals surface area contributed by atoms with Gasteiger partial charge in [0.05, 0.1) is 5.60 Å². The second-order valence-corrected chi connectivity index (χ2v) is 5.05. The van der Waals surface area contributed by atoms with E-state index in [0.29, 0.717) is 6.61 Å². The van der Waals surface area contributed by atoms with Crippen LogP contribution in [0.5, 0.6) is 5.75 Å². The molecule has 0 aliphatic heterocycles. The van der Waals surface area contributed by atoms with Crippen LogP contribution in [0.15, 0.2) is 24.3 Å². The van der Waals surface area contributed by atoms with Crippen LogP contribution in [0.2, 0.25) is 0 Å². The Morgan fingerprint density at radius 1 is 1.35 bits per heavy atom. The van der Waals surface area contributed by atoms with E-state index in [9.17, 15) is 5.11 Å². The molecule has 0 spiro atoms. The largest absolute Gasteiger partial charge is 0.490 e. The Hall–Kier alpha value is -1.06. The SMILES string of the molecule is C[C@@H](N)c1ccccc1OCC1(O)CCCC1. The lowest BCUT2D eigenvalue weighted by Gasteiger charge is -2.23. The number of nitrogens with two attached hydrogens (primary N) is 1. The molecule has 1 fully saturated rings. The van der Waals surface area contributed by atoms with Gasteiger partial charge in [-0.25, -0.2) is 0 Å². The molecule has 0 radical (unpaired) electrons. The molecule has 0 saturated heterocycles. The van der Waals surface area contributed by atoms with Crippen LogP contribution >= 0.6 is 0 Å². The minimum absolute atomic E-state index is 0.0515. The lowest BCUT2D eigenvalue weighted by molar-refractivity contribution is 0.00106. The summed E-state index contributed by atoms with van der Waals surface area (Å²) in [5, 5.41) is 10.2. The molecular formula is C14H21NO2. The lowest BCUT2D eigenvalue weighted by atomic mass is 10.0. The minimum atomic E-state index is -0.634. The van der Waals surface area contributed by atoms with Gasteiger partial charge in [-0.1, -0.05) is 31.0 Å². The number of ether oxygens (including phenoxy) is 1.